The number of hydrogen-bond acceptors (Lipinski definition) is 4. The minimum atomic E-state index is -0.297. The Morgan fingerprint density at radius 1 is 1.50 bits per heavy atom. The molecule has 3 N–H and O–H groups in total. The van der Waals surface area contributed by atoms with Gasteiger partial charge in [-0.1, -0.05) is 19.1 Å². The molecule has 0 aliphatic carbocycles. The molecule has 1 amide bonds. The molecule has 0 saturated carbocycles. The summed E-state index contributed by atoms with van der Waals surface area (Å²) in [4.78, 5) is 11.9. The van der Waals surface area contributed by atoms with E-state index < -0.39 is 0 Å². The standard InChI is InChI=1S/C13H18N2O2S/c1-13(8-17-9-13)7-15-10-4-2-3-5-11(10)18-6-12(14)16/h2-5,15H,6-9H2,1H3,(H2,14,16). The Hall–Kier alpha value is -1.20. The highest BCUT2D eigenvalue weighted by molar-refractivity contribution is 8.00. The number of amides is 1. The third kappa shape index (κ3) is 3.40. The van der Waals surface area contributed by atoms with Crippen molar-refractivity contribution in [1.29, 1.82) is 0 Å². The largest absolute Gasteiger partial charge is 0.383 e. The van der Waals surface area contributed by atoms with Crippen molar-refractivity contribution in [3.8, 4) is 0 Å². The van der Waals surface area contributed by atoms with Gasteiger partial charge in [-0.3, -0.25) is 4.79 Å². The Bertz CT molecular complexity index is 433. The first-order valence-electron chi connectivity index (χ1n) is 5.91. The van der Waals surface area contributed by atoms with Crippen molar-refractivity contribution in [1.82, 2.24) is 0 Å². The van der Waals surface area contributed by atoms with Crippen LogP contribution in [0.1, 0.15) is 6.92 Å². The zero-order chi connectivity index (χ0) is 13.0. The van der Waals surface area contributed by atoms with Gasteiger partial charge >= 0.3 is 0 Å². The molecule has 5 heteroatoms. The molecule has 1 saturated heterocycles. The Morgan fingerprint density at radius 2 is 2.22 bits per heavy atom. The summed E-state index contributed by atoms with van der Waals surface area (Å²) < 4.78 is 5.23. The number of carbonyl (C=O) groups is 1. The fourth-order valence-corrected chi connectivity index (χ4v) is 2.52. The van der Waals surface area contributed by atoms with Crippen LogP contribution < -0.4 is 11.1 Å². The van der Waals surface area contributed by atoms with Gasteiger partial charge in [0, 0.05) is 22.5 Å². The molecule has 1 aromatic carbocycles. The molecule has 18 heavy (non-hydrogen) atoms. The van der Waals surface area contributed by atoms with E-state index in [4.69, 9.17) is 10.5 Å². The molecular formula is C13H18N2O2S. The number of primary amides is 1. The molecule has 1 fully saturated rings. The number of rotatable bonds is 6. The zero-order valence-corrected chi connectivity index (χ0v) is 11.3. The topological polar surface area (TPSA) is 64.3 Å². The van der Waals surface area contributed by atoms with Gasteiger partial charge in [-0.05, 0) is 12.1 Å². The van der Waals surface area contributed by atoms with E-state index in [1.54, 1.807) is 0 Å². The third-order valence-electron chi connectivity index (χ3n) is 2.86. The highest BCUT2D eigenvalue weighted by atomic mass is 32.2. The molecule has 2 rings (SSSR count). The van der Waals surface area contributed by atoms with E-state index >= 15 is 0 Å². The minimum absolute atomic E-state index is 0.224. The molecule has 4 nitrogen and oxygen atoms in total. The van der Waals surface area contributed by atoms with Crippen LogP contribution >= 0.6 is 11.8 Å². The Balaban J connectivity index is 1.96. The van der Waals surface area contributed by atoms with Gasteiger partial charge < -0.3 is 15.8 Å². The quantitative estimate of drug-likeness (QED) is 0.769. The van der Waals surface area contributed by atoms with Crippen molar-refractivity contribution in [2.24, 2.45) is 11.1 Å². The van der Waals surface area contributed by atoms with Crippen LogP contribution in [0.4, 0.5) is 5.69 Å². The molecule has 1 aliphatic heterocycles. The van der Waals surface area contributed by atoms with E-state index in [2.05, 4.69) is 12.2 Å². The fourth-order valence-electron chi connectivity index (χ4n) is 1.75. The second-order valence-corrected chi connectivity index (χ2v) is 5.93. The summed E-state index contributed by atoms with van der Waals surface area (Å²) >= 11 is 1.46. The Morgan fingerprint density at radius 3 is 2.83 bits per heavy atom. The molecule has 0 unspecified atom stereocenters. The average Bonchev–Trinajstić information content (AvgIpc) is 2.32. The highest BCUT2D eigenvalue weighted by Crippen LogP contribution is 2.30. The number of carbonyl (C=O) groups excluding carboxylic acids is 1. The van der Waals surface area contributed by atoms with E-state index in [0.717, 1.165) is 30.3 Å². The molecule has 1 heterocycles. The van der Waals surface area contributed by atoms with Crippen LogP contribution in [0.3, 0.4) is 0 Å². The van der Waals surface area contributed by atoms with Crippen LogP contribution in [-0.2, 0) is 9.53 Å². The van der Waals surface area contributed by atoms with Crippen LogP contribution in [-0.4, -0.2) is 31.4 Å². The van der Waals surface area contributed by atoms with Crippen molar-refractivity contribution in [2.75, 3.05) is 30.8 Å². The summed E-state index contributed by atoms with van der Waals surface area (Å²) in [7, 11) is 0. The normalized spacial score (nSPS) is 16.9. The lowest BCUT2D eigenvalue weighted by Gasteiger charge is -2.38. The maximum Gasteiger partial charge on any atom is 0.227 e. The fraction of sp³-hybridized carbons (Fsp3) is 0.462. The van der Waals surface area contributed by atoms with Gasteiger partial charge in [0.1, 0.15) is 0 Å². The molecule has 0 bridgehead atoms. The number of ether oxygens (including phenoxy) is 1. The van der Waals surface area contributed by atoms with E-state index in [9.17, 15) is 4.79 Å². The van der Waals surface area contributed by atoms with Crippen LogP contribution in [0.15, 0.2) is 29.2 Å². The lowest BCUT2D eigenvalue weighted by Crippen LogP contribution is -2.45. The monoisotopic (exact) mass is 266 g/mol. The Labute approximate surface area is 111 Å². The van der Waals surface area contributed by atoms with Gasteiger partial charge in [0.25, 0.3) is 0 Å². The number of para-hydroxylation sites is 1. The molecular weight excluding hydrogens is 248 g/mol. The van der Waals surface area contributed by atoms with Gasteiger partial charge in [-0.2, -0.15) is 0 Å². The second-order valence-electron chi connectivity index (χ2n) is 4.91. The number of benzene rings is 1. The summed E-state index contributed by atoms with van der Waals surface area (Å²) in [6, 6.07) is 7.96. The number of hydrogen-bond donors (Lipinski definition) is 2. The van der Waals surface area contributed by atoms with Crippen molar-refractivity contribution in [3.05, 3.63) is 24.3 Å². The summed E-state index contributed by atoms with van der Waals surface area (Å²) in [5.74, 6) is 0.00756. The van der Waals surface area contributed by atoms with E-state index in [-0.39, 0.29) is 11.3 Å². The number of anilines is 1. The second kappa shape index (κ2) is 5.63. The molecule has 0 aromatic heterocycles. The van der Waals surface area contributed by atoms with Crippen LogP contribution in [0.2, 0.25) is 0 Å². The van der Waals surface area contributed by atoms with Gasteiger partial charge in [0.15, 0.2) is 0 Å². The first-order chi connectivity index (χ1) is 8.59. The molecule has 0 radical (unpaired) electrons. The van der Waals surface area contributed by atoms with Crippen molar-refractivity contribution >= 4 is 23.4 Å². The first kappa shape index (κ1) is 13.2. The van der Waals surface area contributed by atoms with Crippen molar-refractivity contribution in [3.63, 3.8) is 0 Å². The molecule has 0 atom stereocenters. The van der Waals surface area contributed by atoms with E-state index in [0.29, 0.717) is 5.75 Å². The lowest BCUT2D eigenvalue weighted by molar-refractivity contribution is -0.115. The predicted molar refractivity (Wildman–Crippen MR) is 73.8 cm³/mol. The van der Waals surface area contributed by atoms with E-state index in [1.165, 1.54) is 11.8 Å². The molecule has 1 aromatic rings. The maximum atomic E-state index is 10.8. The highest BCUT2D eigenvalue weighted by Gasteiger charge is 2.33. The zero-order valence-electron chi connectivity index (χ0n) is 10.4. The van der Waals surface area contributed by atoms with Gasteiger partial charge in [-0.15, -0.1) is 11.8 Å². The predicted octanol–water partition coefficient (Wildman–Crippen LogP) is 1.71. The number of nitrogens with two attached hydrogens (primary N) is 1. The summed E-state index contributed by atoms with van der Waals surface area (Å²) in [6.07, 6.45) is 0. The summed E-state index contributed by atoms with van der Waals surface area (Å²) in [5, 5.41) is 3.43. The Kier molecular flexibility index (Phi) is 4.14. The lowest BCUT2D eigenvalue weighted by atomic mass is 9.89. The van der Waals surface area contributed by atoms with Gasteiger partial charge in [-0.25, -0.2) is 0 Å². The van der Waals surface area contributed by atoms with E-state index in [1.807, 2.05) is 24.3 Å². The SMILES string of the molecule is CC1(CNc2ccccc2SCC(N)=O)COC1. The molecule has 98 valence electrons. The number of thioether (sulfide) groups is 1. The van der Waals surface area contributed by atoms with Gasteiger partial charge in [0.05, 0.1) is 19.0 Å². The van der Waals surface area contributed by atoms with Crippen molar-refractivity contribution < 1.29 is 9.53 Å². The average molecular weight is 266 g/mol. The smallest absolute Gasteiger partial charge is 0.227 e. The minimum Gasteiger partial charge on any atom is -0.383 e. The first-order valence-corrected chi connectivity index (χ1v) is 6.89. The summed E-state index contributed by atoms with van der Waals surface area (Å²) in [6.45, 7) is 4.68. The summed E-state index contributed by atoms with van der Waals surface area (Å²) in [5.41, 5.74) is 6.44. The third-order valence-corrected chi connectivity index (χ3v) is 3.96. The van der Waals surface area contributed by atoms with Crippen molar-refractivity contribution in [2.45, 2.75) is 11.8 Å². The van der Waals surface area contributed by atoms with Crippen LogP contribution in [0.5, 0.6) is 0 Å². The van der Waals surface area contributed by atoms with Crippen LogP contribution in [0, 0.1) is 5.41 Å². The maximum absolute atomic E-state index is 10.8. The molecule has 0 spiro atoms. The number of nitrogens with one attached hydrogen (secondary N) is 1. The molecule has 1 aliphatic rings. The van der Waals surface area contributed by atoms with Crippen LogP contribution in [0.25, 0.3) is 0 Å². The van der Waals surface area contributed by atoms with Gasteiger partial charge in [0.2, 0.25) is 5.91 Å².